The fraction of sp³-hybridized carbons (Fsp3) is 0.150. The number of amides is 1. The fourth-order valence-electron chi connectivity index (χ4n) is 2.80. The summed E-state index contributed by atoms with van der Waals surface area (Å²) >= 11 is 6.10. The van der Waals surface area contributed by atoms with E-state index in [1.807, 2.05) is 18.2 Å². The Labute approximate surface area is 160 Å². The second-order valence-corrected chi connectivity index (χ2v) is 6.40. The average Bonchev–Trinajstić information content (AvgIpc) is 2.66. The van der Waals surface area contributed by atoms with Gasteiger partial charge >= 0.3 is 5.69 Å². The predicted octanol–water partition coefficient (Wildman–Crippen LogP) is 2.50. The number of carbonyl (C=O) groups excluding carboxylic acids is 1. The van der Waals surface area contributed by atoms with Crippen LogP contribution in [0.15, 0.2) is 64.7 Å². The number of nitrogens with one attached hydrogen (secondary N) is 2. The van der Waals surface area contributed by atoms with Gasteiger partial charge in [0.05, 0.1) is 10.9 Å². The minimum atomic E-state index is -0.538. The van der Waals surface area contributed by atoms with Crippen LogP contribution in [0.25, 0.3) is 10.9 Å². The maximum atomic E-state index is 12.4. The number of carbonyl (C=O) groups is 1. The second-order valence-electron chi connectivity index (χ2n) is 5.99. The Bertz CT molecular complexity index is 1130. The summed E-state index contributed by atoms with van der Waals surface area (Å²) in [7, 11) is 0. The van der Waals surface area contributed by atoms with Crippen molar-refractivity contribution in [3.8, 4) is 0 Å². The standard InChI is InChI=1S/C20H18ClN3O3/c1-2-11-24-19(26)15-8-7-14(12-17(15)23-20(24)27)18(25)22-10-9-13-5-3-4-6-16(13)21/h2-8,12H,1,9-11H2,(H,22,25)(H,23,27). The molecular weight excluding hydrogens is 366 g/mol. The van der Waals surface area contributed by atoms with Gasteiger partial charge in [0, 0.05) is 23.7 Å². The molecule has 3 aromatic rings. The van der Waals surface area contributed by atoms with Crippen molar-refractivity contribution in [1.82, 2.24) is 14.9 Å². The third kappa shape index (κ3) is 4.01. The third-order valence-electron chi connectivity index (χ3n) is 4.19. The molecule has 1 heterocycles. The largest absolute Gasteiger partial charge is 0.352 e. The zero-order valence-corrected chi connectivity index (χ0v) is 15.3. The van der Waals surface area contributed by atoms with Crippen molar-refractivity contribution in [2.75, 3.05) is 6.54 Å². The molecule has 0 fully saturated rings. The lowest BCUT2D eigenvalue weighted by Crippen LogP contribution is -2.34. The first kappa shape index (κ1) is 18.7. The Morgan fingerprint density at radius 2 is 2.00 bits per heavy atom. The van der Waals surface area contributed by atoms with Crippen molar-refractivity contribution < 1.29 is 4.79 Å². The first-order chi connectivity index (χ1) is 13.0. The summed E-state index contributed by atoms with van der Waals surface area (Å²) in [5.41, 5.74) is 0.676. The number of H-pyrrole nitrogens is 1. The molecule has 6 nitrogen and oxygen atoms in total. The highest BCUT2D eigenvalue weighted by Gasteiger charge is 2.11. The van der Waals surface area contributed by atoms with E-state index in [-0.39, 0.29) is 12.5 Å². The number of aromatic amines is 1. The van der Waals surface area contributed by atoms with Gasteiger partial charge in [0.1, 0.15) is 0 Å². The van der Waals surface area contributed by atoms with Crippen molar-refractivity contribution >= 4 is 28.4 Å². The van der Waals surface area contributed by atoms with E-state index < -0.39 is 11.2 Å². The van der Waals surface area contributed by atoms with Crippen LogP contribution in [0.2, 0.25) is 5.02 Å². The van der Waals surface area contributed by atoms with Crippen LogP contribution in [0.1, 0.15) is 15.9 Å². The van der Waals surface area contributed by atoms with Gasteiger partial charge in [0.25, 0.3) is 11.5 Å². The summed E-state index contributed by atoms with van der Waals surface area (Å²) in [5, 5.41) is 3.81. The zero-order valence-electron chi connectivity index (χ0n) is 14.5. The van der Waals surface area contributed by atoms with Crippen LogP contribution in [0, 0.1) is 0 Å². The molecule has 1 aromatic heterocycles. The molecule has 1 amide bonds. The van der Waals surface area contributed by atoms with Crippen LogP contribution < -0.4 is 16.6 Å². The molecule has 138 valence electrons. The molecule has 27 heavy (non-hydrogen) atoms. The number of halogens is 1. The molecule has 0 aliphatic rings. The second kappa shape index (κ2) is 8.05. The van der Waals surface area contributed by atoms with Crippen LogP contribution >= 0.6 is 11.6 Å². The predicted molar refractivity (Wildman–Crippen MR) is 107 cm³/mol. The molecule has 0 radical (unpaired) electrons. The van der Waals surface area contributed by atoms with Crippen LogP contribution in [-0.4, -0.2) is 22.0 Å². The lowest BCUT2D eigenvalue weighted by molar-refractivity contribution is 0.0954. The van der Waals surface area contributed by atoms with Crippen LogP contribution in [0.5, 0.6) is 0 Å². The monoisotopic (exact) mass is 383 g/mol. The minimum Gasteiger partial charge on any atom is -0.352 e. The number of fused-ring (bicyclic) bond motifs is 1. The molecule has 0 saturated heterocycles. The molecule has 0 unspecified atom stereocenters. The molecule has 3 rings (SSSR count). The average molecular weight is 384 g/mol. The molecular formula is C20H18ClN3O3. The molecule has 0 aliphatic heterocycles. The number of benzene rings is 2. The van der Waals surface area contributed by atoms with Gasteiger partial charge in [-0.25, -0.2) is 4.79 Å². The van der Waals surface area contributed by atoms with Crippen molar-refractivity contribution in [3.63, 3.8) is 0 Å². The highest BCUT2D eigenvalue weighted by atomic mass is 35.5. The Balaban J connectivity index is 1.78. The molecule has 0 saturated carbocycles. The lowest BCUT2D eigenvalue weighted by atomic mass is 10.1. The van der Waals surface area contributed by atoms with Crippen molar-refractivity contribution in [2.24, 2.45) is 0 Å². The molecule has 0 atom stereocenters. The van der Waals surface area contributed by atoms with Crippen molar-refractivity contribution in [1.29, 1.82) is 0 Å². The number of allylic oxidation sites excluding steroid dienone is 1. The highest BCUT2D eigenvalue weighted by Crippen LogP contribution is 2.15. The van der Waals surface area contributed by atoms with Crippen LogP contribution in [-0.2, 0) is 13.0 Å². The highest BCUT2D eigenvalue weighted by molar-refractivity contribution is 6.31. The molecule has 2 N–H and O–H groups in total. The van der Waals surface area contributed by atoms with Crippen LogP contribution in [0.3, 0.4) is 0 Å². The number of hydrogen-bond donors (Lipinski definition) is 2. The Hall–Kier alpha value is -3.12. The lowest BCUT2D eigenvalue weighted by Gasteiger charge is -2.08. The summed E-state index contributed by atoms with van der Waals surface area (Å²) in [5.74, 6) is -0.292. The van der Waals surface area contributed by atoms with Gasteiger partial charge in [0.15, 0.2) is 0 Å². The number of hydrogen-bond acceptors (Lipinski definition) is 3. The van der Waals surface area contributed by atoms with E-state index in [1.54, 1.807) is 12.1 Å². The van der Waals surface area contributed by atoms with E-state index in [0.717, 1.165) is 10.1 Å². The fourth-order valence-corrected chi connectivity index (χ4v) is 3.03. The molecule has 0 bridgehead atoms. The molecule has 2 aromatic carbocycles. The maximum Gasteiger partial charge on any atom is 0.329 e. The van der Waals surface area contributed by atoms with Gasteiger partial charge in [0.2, 0.25) is 0 Å². The molecule has 0 spiro atoms. The van der Waals surface area contributed by atoms with Gasteiger partial charge in [-0.05, 0) is 36.2 Å². The normalized spacial score (nSPS) is 10.7. The number of rotatable bonds is 6. The quantitative estimate of drug-likeness (QED) is 0.641. The Morgan fingerprint density at radius 3 is 2.74 bits per heavy atom. The van der Waals surface area contributed by atoms with Gasteiger partial charge in [-0.3, -0.25) is 14.2 Å². The first-order valence-electron chi connectivity index (χ1n) is 8.40. The SMILES string of the molecule is C=CCn1c(=O)[nH]c2cc(C(=O)NCCc3ccccc3Cl)ccc2c1=O. The minimum absolute atomic E-state index is 0.119. The summed E-state index contributed by atoms with van der Waals surface area (Å²) in [6, 6.07) is 12.1. The van der Waals surface area contributed by atoms with E-state index >= 15 is 0 Å². The van der Waals surface area contributed by atoms with E-state index in [1.165, 1.54) is 18.2 Å². The van der Waals surface area contributed by atoms with Gasteiger partial charge in [-0.2, -0.15) is 0 Å². The van der Waals surface area contributed by atoms with Gasteiger partial charge < -0.3 is 10.3 Å². The number of aromatic nitrogens is 2. The topological polar surface area (TPSA) is 84.0 Å². The zero-order chi connectivity index (χ0) is 19.4. The third-order valence-corrected chi connectivity index (χ3v) is 4.56. The Kier molecular flexibility index (Phi) is 5.57. The van der Waals surface area contributed by atoms with Crippen molar-refractivity contribution in [2.45, 2.75) is 13.0 Å². The maximum absolute atomic E-state index is 12.4. The molecule has 0 aliphatic carbocycles. The van der Waals surface area contributed by atoms with Gasteiger partial charge in [-0.15, -0.1) is 6.58 Å². The van der Waals surface area contributed by atoms with Crippen LogP contribution in [0.4, 0.5) is 0 Å². The summed E-state index contributed by atoms with van der Waals surface area (Å²) in [6.45, 7) is 4.07. The summed E-state index contributed by atoms with van der Waals surface area (Å²) in [4.78, 5) is 39.4. The smallest absolute Gasteiger partial charge is 0.329 e. The van der Waals surface area contributed by atoms with E-state index in [4.69, 9.17) is 11.6 Å². The summed E-state index contributed by atoms with van der Waals surface area (Å²) in [6.07, 6.45) is 2.07. The van der Waals surface area contributed by atoms with Gasteiger partial charge in [-0.1, -0.05) is 35.9 Å². The van der Waals surface area contributed by atoms with Crippen molar-refractivity contribution in [3.05, 3.63) is 92.1 Å². The van der Waals surface area contributed by atoms with E-state index in [0.29, 0.717) is 34.5 Å². The number of nitrogens with zero attached hydrogens (tertiary/aromatic N) is 1. The first-order valence-corrected chi connectivity index (χ1v) is 8.78. The van der Waals surface area contributed by atoms with E-state index in [9.17, 15) is 14.4 Å². The Morgan fingerprint density at radius 1 is 1.22 bits per heavy atom. The summed E-state index contributed by atoms with van der Waals surface area (Å²) < 4.78 is 1.05. The molecule has 7 heteroatoms. The van der Waals surface area contributed by atoms with E-state index in [2.05, 4.69) is 16.9 Å².